The third kappa shape index (κ3) is 4.28. The van der Waals surface area contributed by atoms with Gasteiger partial charge in [0.15, 0.2) is 17.5 Å². The van der Waals surface area contributed by atoms with Gasteiger partial charge in [0.2, 0.25) is 0 Å². The van der Waals surface area contributed by atoms with E-state index in [1.807, 2.05) is 72.8 Å². The van der Waals surface area contributed by atoms with Gasteiger partial charge in [0.05, 0.1) is 22.4 Å². The molecule has 9 nitrogen and oxygen atoms in total. The van der Waals surface area contributed by atoms with E-state index in [0.29, 0.717) is 40.2 Å². The summed E-state index contributed by atoms with van der Waals surface area (Å²) in [4.78, 5) is 20.6. The third-order valence-corrected chi connectivity index (χ3v) is 4.89. The second-order valence-electron chi connectivity index (χ2n) is 7.25. The Morgan fingerprint density at radius 1 is 0.818 bits per heavy atom. The van der Waals surface area contributed by atoms with E-state index in [1.165, 1.54) is 0 Å². The first kappa shape index (κ1) is 20.0. The fraction of sp³-hybridized carbons (Fsp3) is 0. The summed E-state index contributed by atoms with van der Waals surface area (Å²) in [5.41, 5.74) is 21.4. The summed E-state index contributed by atoms with van der Waals surface area (Å²) in [6.45, 7) is 0. The number of aromatic amines is 1. The number of aliphatic imine (C=N–C) groups is 2. The lowest BCUT2D eigenvalue weighted by Crippen LogP contribution is -2.21. The van der Waals surface area contributed by atoms with Crippen molar-refractivity contribution in [3.63, 3.8) is 0 Å². The molecule has 0 unspecified atom stereocenters. The fourth-order valence-corrected chi connectivity index (χ4v) is 3.36. The molecule has 0 bridgehead atoms. The molecule has 0 amide bonds. The zero-order valence-electron chi connectivity index (χ0n) is 17.4. The van der Waals surface area contributed by atoms with Gasteiger partial charge in [-0.3, -0.25) is 4.98 Å². The number of nitrogens with two attached hydrogens (primary N) is 3. The van der Waals surface area contributed by atoms with E-state index in [4.69, 9.17) is 21.6 Å². The zero-order chi connectivity index (χ0) is 22.8. The predicted molar refractivity (Wildman–Crippen MR) is 129 cm³/mol. The second kappa shape index (κ2) is 8.31. The number of nitrogens with one attached hydrogen (secondary N) is 1. The average molecular weight is 436 g/mol. The molecule has 0 aliphatic carbocycles. The molecule has 33 heavy (non-hydrogen) atoms. The van der Waals surface area contributed by atoms with Crippen LogP contribution in [0.4, 0.5) is 11.4 Å². The SMILES string of the molecule is NC(N)=Nc1ccc(-c2ccc(-c3nc4ccc(N=C(N)c5ccccn5)cc4[nH]3)o2)cc1. The zero-order valence-corrected chi connectivity index (χ0v) is 17.4. The minimum absolute atomic E-state index is 0.0150. The summed E-state index contributed by atoms with van der Waals surface area (Å²) < 4.78 is 6.02. The smallest absolute Gasteiger partial charge is 0.191 e. The van der Waals surface area contributed by atoms with Gasteiger partial charge in [-0.25, -0.2) is 15.0 Å². The number of rotatable bonds is 5. The Kier molecular flexibility index (Phi) is 5.04. The molecule has 162 valence electrons. The fourth-order valence-electron chi connectivity index (χ4n) is 3.36. The van der Waals surface area contributed by atoms with E-state index in [-0.39, 0.29) is 5.96 Å². The molecule has 0 radical (unpaired) electrons. The van der Waals surface area contributed by atoms with Gasteiger partial charge >= 0.3 is 0 Å². The minimum atomic E-state index is 0.0150. The number of hydrogen-bond donors (Lipinski definition) is 4. The number of nitrogens with zero attached hydrogens (tertiary/aromatic N) is 4. The summed E-state index contributed by atoms with van der Waals surface area (Å²) in [5, 5.41) is 0. The number of fused-ring (bicyclic) bond motifs is 1. The second-order valence-corrected chi connectivity index (χ2v) is 7.25. The number of imidazole rings is 1. The van der Waals surface area contributed by atoms with Crippen LogP contribution in [0.1, 0.15) is 5.69 Å². The summed E-state index contributed by atoms with van der Waals surface area (Å²) in [6.07, 6.45) is 1.68. The van der Waals surface area contributed by atoms with Gasteiger partial charge in [0.25, 0.3) is 0 Å². The Bertz CT molecular complexity index is 1480. The van der Waals surface area contributed by atoms with E-state index in [0.717, 1.165) is 16.6 Å². The molecule has 5 aromatic rings. The number of furan rings is 1. The van der Waals surface area contributed by atoms with E-state index in [2.05, 4.69) is 24.9 Å². The average Bonchev–Trinajstić information content (AvgIpc) is 3.47. The maximum Gasteiger partial charge on any atom is 0.191 e. The van der Waals surface area contributed by atoms with E-state index in [1.54, 1.807) is 6.20 Å². The first-order chi connectivity index (χ1) is 16.0. The molecule has 0 saturated heterocycles. The van der Waals surface area contributed by atoms with Gasteiger partial charge < -0.3 is 26.6 Å². The van der Waals surface area contributed by atoms with Gasteiger partial charge in [-0.1, -0.05) is 6.07 Å². The number of H-pyrrole nitrogens is 1. The summed E-state index contributed by atoms with van der Waals surface area (Å²) >= 11 is 0. The number of benzene rings is 2. The van der Waals surface area contributed by atoms with Crippen molar-refractivity contribution in [2.45, 2.75) is 0 Å². The minimum Gasteiger partial charge on any atom is -0.453 e. The molecule has 0 spiro atoms. The third-order valence-electron chi connectivity index (χ3n) is 4.89. The Balaban J connectivity index is 1.41. The highest BCUT2D eigenvalue weighted by Crippen LogP contribution is 2.30. The predicted octanol–water partition coefficient (Wildman–Crippen LogP) is 3.83. The van der Waals surface area contributed by atoms with Crippen LogP contribution in [-0.2, 0) is 0 Å². The highest BCUT2D eigenvalue weighted by atomic mass is 16.3. The van der Waals surface area contributed by atoms with Crippen LogP contribution in [0, 0.1) is 0 Å². The Labute approximate surface area is 188 Å². The summed E-state index contributed by atoms with van der Waals surface area (Å²) in [7, 11) is 0. The molecule has 5 rings (SSSR count). The van der Waals surface area contributed by atoms with E-state index < -0.39 is 0 Å². The van der Waals surface area contributed by atoms with E-state index in [9.17, 15) is 0 Å². The van der Waals surface area contributed by atoms with Crippen LogP contribution in [0.25, 0.3) is 33.9 Å². The van der Waals surface area contributed by atoms with Crippen LogP contribution in [0.15, 0.2) is 93.4 Å². The molecule has 3 heterocycles. The Morgan fingerprint density at radius 2 is 1.61 bits per heavy atom. The van der Waals surface area contributed by atoms with Crippen molar-refractivity contribution in [2.75, 3.05) is 0 Å². The lowest BCUT2D eigenvalue weighted by molar-refractivity contribution is 0.593. The van der Waals surface area contributed by atoms with Crippen molar-refractivity contribution < 1.29 is 4.42 Å². The maximum atomic E-state index is 6.09. The van der Waals surface area contributed by atoms with Crippen LogP contribution in [0.5, 0.6) is 0 Å². The summed E-state index contributed by atoms with van der Waals surface area (Å²) in [5.74, 6) is 2.30. The van der Waals surface area contributed by atoms with Crippen molar-refractivity contribution in [3.8, 4) is 22.9 Å². The molecule has 9 heteroatoms. The largest absolute Gasteiger partial charge is 0.453 e. The topological polar surface area (TPSA) is 157 Å². The van der Waals surface area contributed by atoms with Gasteiger partial charge in [-0.15, -0.1) is 0 Å². The van der Waals surface area contributed by atoms with E-state index >= 15 is 0 Å². The van der Waals surface area contributed by atoms with Crippen LogP contribution < -0.4 is 17.2 Å². The molecular weight excluding hydrogens is 416 g/mol. The summed E-state index contributed by atoms with van der Waals surface area (Å²) in [6, 6.07) is 22.3. The molecule has 3 aromatic heterocycles. The Hall–Kier alpha value is -4.92. The molecule has 0 saturated carbocycles. The van der Waals surface area contributed by atoms with Crippen LogP contribution in [0.2, 0.25) is 0 Å². The number of amidine groups is 1. The molecular formula is C24H20N8O. The Morgan fingerprint density at radius 3 is 2.36 bits per heavy atom. The van der Waals surface area contributed by atoms with Crippen LogP contribution in [-0.4, -0.2) is 26.7 Å². The first-order valence-corrected chi connectivity index (χ1v) is 10.1. The molecule has 0 fully saturated rings. The molecule has 0 aliphatic heterocycles. The highest BCUT2D eigenvalue weighted by Gasteiger charge is 2.12. The molecule has 2 aromatic carbocycles. The molecule has 0 aliphatic rings. The van der Waals surface area contributed by atoms with Crippen LogP contribution in [0.3, 0.4) is 0 Å². The number of hydrogen-bond acceptors (Lipinski definition) is 5. The highest BCUT2D eigenvalue weighted by molar-refractivity contribution is 5.97. The van der Waals surface area contributed by atoms with Crippen molar-refractivity contribution in [2.24, 2.45) is 27.2 Å². The van der Waals surface area contributed by atoms with Crippen molar-refractivity contribution in [1.29, 1.82) is 0 Å². The van der Waals surface area contributed by atoms with Gasteiger partial charge in [0.1, 0.15) is 17.3 Å². The quantitative estimate of drug-likeness (QED) is 0.242. The molecule has 0 atom stereocenters. The van der Waals surface area contributed by atoms with Gasteiger partial charge in [-0.05, 0) is 66.7 Å². The monoisotopic (exact) mass is 436 g/mol. The van der Waals surface area contributed by atoms with Gasteiger partial charge in [0, 0.05) is 11.8 Å². The lowest BCUT2D eigenvalue weighted by atomic mass is 10.1. The molecule has 7 N–H and O–H groups in total. The van der Waals surface area contributed by atoms with Crippen LogP contribution >= 0.6 is 0 Å². The number of aromatic nitrogens is 3. The standard InChI is InChI=1S/C24H20N8O/c25-22(18-3-1-2-12-28-18)29-16-8-9-17-19(13-16)32-23(31-17)21-11-10-20(33-21)14-4-6-15(7-5-14)30-24(26)27/h1-13H,(H2,25,29)(H,31,32)(H4,26,27,30). The normalized spacial score (nSPS) is 11.6. The first-order valence-electron chi connectivity index (χ1n) is 10.1. The number of pyridine rings is 1. The van der Waals surface area contributed by atoms with Crippen molar-refractivity contribution >= 4 is 34.2 Å². The van der Waals surface area contributed by atoms with Crippen molar-refractivity contribution in [1.82, 2.24) is 15.0 Å². The maximum absolute atomic E-state index is 6.09. The lowest BCUT2D eigenvalue weighted by Gasteiger charge is -1.99. The number of guanidine groups is 1. The van der Waals surface area contributed by atoms with Gasteiger partial charge in [-0.2, -0.15) is 0 Å². The van der Waals surface area contributed by atoms with Crippen molar-refractivity contribution in [3.05, 3.63) is 84.7 Å².